The van der Waals surface area contributed by atoms with Crippen LogP contribution in [0.25, 0.3) is 10.4 Å². The second kappa shape index (κ2) is 4.23. The molecule has 82 valence electrons. The van der Waals surface area contributed by atoms with Crippen molar-refractivity contribution in [3.63, 3.8) is 0 Å². The molecule has 0 aliphatic carbocycles. The van der Waals surface area contributed by atoms with Crippen molar-refractivity contribution < 1.29 is 14.3 Å². The number of aromatic carboxylic acids is 1. The summed E-state index contributed by atoms with van der Waals surface area (Å²) in [6, 6.07) is 7.19. The Balaban J connectivity index is 2.47. The minimum Gasteiger partial charge on any atom is -0.478 e. The average molecular weight is 257 g/mol. The summed E-state index contributed by atoms with van der Waals surface area (Å²) in [7, 11) is 0. The van der Waals surface area contributed by atoms with Gasteiger partial charge in [-0.05, 0) is 30.3 Å². The molecule has 0 saturated heterocycles. The van der Waals surface area contributed by atoms with E-state index in [2.05, 4.69) is 0 Å². The van der Waals surface area contributed by atoms with E-state index in [1.165, 1.54) is 23.5 Å². The lowest BCUT2D eigenvalue weighted by Crippen LogP contribution is -1.97. The third-order valence-corrected chi connectivity index (χ3v) is 3.32. The standard InChI is InChI=1S/C11H6ClFO2S/c12-10-4-3-9(16-10)7-2-1-6(11(14)15)5-8(7)13/h1-5H,(H,14,15). The van der Waals surface area contributed by atoms with Crippen LogP contribution >= 0.6 is 22.9 Å². The second-order valence-electron chi connectivity index (χ2n) is 3.10. The van der Waals surface area contributed by atoms with Gasteiger partial charge in [-0.3, -0.25) is 0 Å². The van der Waals surface area contributed by atoms with Crippen LogP contribution in [-0.2, 0) is 0 Å². The van der Waals surface area contributed by atoms with Crippen molar-refractivity contribution in [3.05, 3.63) is 46.0 Å². The Morgan fingerprint density at radius 3 is 2.56 bits per heavy atom. The van der Waals surface area contributed by atoms with Crippen LogP contribution in [0.5, 0.6) is 0 Å². The molecule has 2 nitrogen and oxygen atoms in total. The van der Waals surface area contributed by atoms with Crippen LogP contribution in [0.1, 0.15) is 10.4 Å². The lowest BCUT2D eigenvalue weighted by Gasteiger charge is -2.01. The first-order valence-corrected chi connectivity index (χ1v) is 5.56. The van der Waals surface area contributed by atoms with Crippen molar-refractivity contribution in [2.24, 2.45) is 0 Å². The maximum absolute atomic E-state index is 13.6. The minimum atomic E-state index is -1.14. The van der Waals surface area contributed by atoms with Crippen LogP contribution in [0.4, 0.5) is 4.39 Å². The molecule has 0 aliphatic heterocycles. The first-order valence-electron chi connectivity index (χ1n) is 4.36. The van der Waals surface area contributed by atoms with Crippen molar-refractivity contribution >= 4 is 28.9 Å². The van der Waals surface area contributed by atoms with E-state index in [1.54, 1.807) is 12.1 Å². The van der Waals surface area contributed by atoms with Crippen molar-refractivity contribution in [2.45, 2.75) is 0 Å². The van der Waals surface area contributed by atoms with Gasteiger partial charge < -0.3 is 5.11 Å². The van der Waals surface area contributed by atoms with Crippen LogP contribution in [0, 0.1) is 5.82 Å². The number of carboxylic acid groups (broad SMARTS) is 1. The highest BCUT2D eigenvalue weighted by Gasteiger charge is 2.11. The predicted octanol–water partition coefficient (Wildman–Crippen LogP) is 3.91. The number of benzene rings is 1. The quantitative estimate of drug-likeness (QED) is 0.885. The molecule has 0 amide bonds. The molecule has 5 heteroatoms. The van der Waals surface area contributed by atoms with Gasteiger partial charge in [0, 0.05) is 10.4 Å². The van der Waals surface area contributed by atoms with Gasteiger partial charge in [0.1, 0.15) is 5.82 Å². The Labute approximate surface area is 99.9 Å². The Morgan fingerprint density at radius 2 is 2.06 bits per heavy atom. The summed E-state index contributed by atoms with van der Waals surface area (Å²) in [5, 5.41) is 8.69. The summed E-state index contributed by atoms with van der Waals surface area (Å²) in [4.78, 5) is 11.3. The van der Waals surface area contributed by atoms with E-state index in [0.29, 0.717) is 14.8 Å². The Bertz CT molecular complexity index is 551. The highest BCUT2D eigenvalue weighted by Crippen LogP contribution is 2.32. The number of carbonyl (C=O) groups is 1. The first kappa shape index (κ1) is 11.1. The molecule has 1 heterocycles. The van der Waals surface area contributed by atoms with E-state index in [4.69, 9.17) is 16.7 Å². The monoisotopic (exact) mass is 256 g/mol. The Hall–Kier alpha value is -1.39. The summed E-state index contributed by atoms with van der Waals surface area (Å²) in [6.45, 7) is 0. The predicted molar refractivity (Wildman–Crippen MR) is 61.7 cm³/mol. The largest absolute Gasteiger partial charge is 0.478 e. The van der Waals surface area contributed by atoms with E-state index in [9.17, 15) is 9.18 Å². The Kier molecular flexibility index (Phi) is 2.94. The molecule has 1 aromatic carbocycles. The maximum atomic E-state index is 13.6. The summed E-state index contributed by atoms with van der Waals surface area (Å²) < 4.78 is 14.2. The highest BCUT2D eigenvalue weighted by atomic mass is 35.5. The topological polar surface area (TPSA) is 37.3 Å². The molecule has 0 bridgehead atoms. The fourth-order valence-electron chi connectivity index (χ4n) is 1.31. The van der Waals surface area contributed by atoms with Crippen LogP contribution in [0.3, 0.4) is 0 Å². The summed E-state index contributed by atoms with van der Waals surface area (Å²) in [5.41, 5.74) is 0.297. The number of thiophene rings is 1. The number of halogens is 2. The molecule has 1 N–H and O–H groups in total. The van der Waals surface area contributed by atoms with Gasteiger partial charge in [-0.2, -0.15) is 0 Å². The fourth-order valence-corrected chi connectivity index (χ4v) is 2.38. The Morgan fingerprint density at radius 1 is 1.31 bits per heavy atom. The van der Waals surface area contributed by atoms with Crippen LogP contribution in [0.2, 0.25) is 4.34 Å². The smallest absolute Gasteiger partial charge is 0.335 e. The normalized spacial score (nSPS) is 10.4. The van der Waals surface area contributed by atoms with Gasteiger partial charge in [-0.1, -0.05) is 11.6 Å². The van der Waals surface area contributed by atoms with Crippen molar-refractivity contribution in [2.75, 3.05) is 0 Å². The molecular formula is C11H6ClFO2S. The summed E-state index contributed by atoms with van der Waals surface area (Å²) >= 11 is 6.99. The molecule has 0 fully saturated rings. The first-order chi connectivity index (χ1) is 7.58. The van der Waals surface area contributed by atoms with Gasteiger partial charge in [-0.25, -0.2) is 9.18 Å². The maximum Gasteiger partial charge on any atom is 0.335 e. The number of hydrogen-bond donors (Lipinski definition) is 1. The zero-order chi connectivity index (χ0) is 11.7. The van der Waals surface area contributed by atoms with E-state index in [1.807, 2.05) is 0 Å². The fraction of sp³-hybridized carbons (Fsp3) is 0. The van der Waals surface area contributed by atoms with Gasteiger partial charge in [0.05, 0.1) is 9.90 Å². The van der Waals surface area contributed by atoms with Crippen molar-refractivity contribution in [1.82, 2.24) is 0 Å². The molecule has 0 atom stereocenters. The highest BCUT2D eigenvalue weighted by molar-refractivity contribution is 7.19. The number of carboxylic acids is 1. The lowest BCUT2D eigenvalue weighted by atomic mass is 10.1. The molecule has 0 spiro atoms. The molecule has 1 aromatic heterocycles. The average Bonchev–Trinajstić information content (AvgIpc) is 2.64. The molecule has 2 rings (SSSR count). The minimum absolute atomic E-state index is 0.0658. The van der Waals surface area contributed by atoms with Crippen LogP contribution in [-0.4, -0.2) is 11.1 Å². The van der Waals surface area contributed by atoms with Gasteiger partial charge >= 0.3 is 5.97 Å². The molecule has 0 aliphatic rings. The van der Waals surface area contributed by atoms with Crippen LogP contribution < -0.4 is 0 Å². The van der Waals surface area contributed by atoms with Crippen molar-refractivity contribution in [1.29, 1.82) is 0 Å². The van der Waals surface area contributed by atoms with E-state index < -0.39 is 11.8 Å². The molecule has 0 unspecified atom stereocenters. The molecule has 2 aromatic rings. The third kappa shape index (κ3) is 2.08. The van der Waals surface area contributed by atoms with Crippen LogP contribution in [0.15, 0.2) is 30.3 Å². The van der Waals surface area contributed by atoms with Gasteiger partial charge in [-0.15, -0.1) is 11.3 Å². The second-order valence-corrected chi connectivity index (χ2v) is 4.82. The van der Waals surface area contributed by atoms with E-state index in [0.717, 1.165) is 6.07 Å². The molecule has 0 saturated carbocycles. The molecule has 0 radical (unpaired) electrons. The lowest BCUT2D eigenvalue weighted by molar-refractivity contribution is 0.0696. The molecular weight excluding hydrogens is 251 g/mol. The van der Waals surface area contributed by atoms with Crippen molar-refractivity contribution in [3.8, 4) is 10.4 Å². The zero-order valence-corrected chi connectivity index (χ0v) is 9.48. The number of rotatable bonds is 2. The van der Waals surface area contributed by atoms with Gasteiger partial charge in [0.15, 0.2) is 0 Å². The van der Waals surface area contributed by atoms with Gasteiger partial charge in [0.25, 0.3) is 0 Å². The summed E-state index contributed by atoms with van der Waals surface area (Å²) in [5.74, 6) is -1.70. The van der Waals surface area contributed by atoms with Gasteiger partial charge in [0.2, 0.25) is 0 Å². The number of hydrogen-bond acceptors (Lipinski definition) is 2. The third-order valence-electron chi connectivity index (χ3n) is 2.05. The molecule has 16 heavy (non-hydrogen) atoms. The van der Waals surface area contributed by atoms with E-state index in [-0.39, 0.29) is 5.56 Å². The zero-order valence-electron chi connectivity index (χ0n) is 7.91. The van der Waals surface area contributed by atoms with E-state index >= 15 is 0 Å². The summed E-state index contributed by atoms with van der Waals surface area (Å²) in [6.07, 6.45) is 0. The SMILES string of the molecule is O=C(O)c1ccc(-c2ccc(Cl)s2)c(F)c1.